The second-order valence-electron chi connectivity index (χ2n) is 12.3. The van der Waals surface area contributed by atoms with Crippen LogP contribution in [0, 0.1) is 5.82 Å². The largest absolute Gasteiger partial charge is 0.497 e. The summed E-state index contributed by atoms with van der Waals surface area (Å²) in [5.41, 5.74) is -1.68. The highest BCUT2D eigenvalue weighted by Gasteiger charge is 2.45. The number of aromatic nitrogens is 1. The molecule has 0 fully saturated rings. The van der Waals surface area contributed by atoms with Crippen molar-refractivity contribution in [3.8, 4) is 11.5 Å². The van der Waals surface area contributed by atoms with Gasteiger partial charge < -0.3 is 9.47 Å². The van der Waals surface area contributed by atoms with Crippen molar-refractivity contribution in [3.05, 3.63) is 45.9 Å². The van der Waals surface area contributed by atoms with Gasteiger partial charge in [-0.3, -0.25) is 0 Å². The van der Waals surface area contributed by atoms with Crippen LogP contribution in [0.3, 0.4) is 0 Å². The van der Waals surface area contributed by atoms with E-state index < -0.39 is 70.1 Å². The zero-order valence-electron chi connectivity index (χ0n) is 28.2. The monoisotopic (exact) mass is 774 g/mol. The average Bonchev–Trinajstić information content (AvgIpc) is 2.98. The number of hydrogen-bond acceptors (Lipinski definition) is 6. The normalized spacial score (nSPS) is 16.1. The smallest absolute Gasteiger partial charge is 0.402 e. The molecule has 1 aromatic carbocycles. The van der Waals surface area contributed by atoms with Crippen molar-refractivity contribution in [3.63, 3.8) is 0 Å². The van der Waals surface area contributed by atoms with Crippen LogP contribution in [0.4, 0.5) is 17.6 Å². The Morgan fingerprint density at radius 1 is 1.07 bits per heavy atom. The molecule has 0 aliphatic rings. The minimum absolute atomic E-state index is 0.188. The number of rotatable bonds is 15. The van der Waals surface area contributed by atoms with Crippen LogP contribution in [0.2, 0.25) is 18.1 Å². The van der Waals surface area contributed by atoms with Crippen LogP contribution in [-0.2, 0) is 33.0 Å². The van der Waals surface area contributed by atoms with E-state index in [4.69, 9.17) is 9.47 Å². The third-order valence-corrected chi connectivity index (χ3v) is 18.6. The second kappa shape index (κ2) is 15.7. The summed E-state index contributed by atoms with van der Waals surface area (Å²) in [5, 5.41) is 0.501. The summed E-state index contributed by atoms with van der Waals surface area (Å²) in [5.74, 6) is -0.656. The molecule has 0 amide bonds. The van der Waals surface area contributed by atoms with Crippen molar-refractivity contribution < 1.29 is 35.5 Å². The predicted molar refractivity (Wildman–Crippen MR) is 184 cm³/mol. The molecule has 1 N–H and O–H groups in total. The highest BCUT2D eigenvalue weighted by Crippen LogP contribution is 2.34. The minimum atomic E-state index is -4.77. The van der Waals surface area contributed by atoms with E-state index in [1.54, 1.807) is 32.9 Å². The molecule has 0 saturated heterocycles. The van der Waals surface area contributed by atoms with Crippen LogP contribution in [0.25, 0.3) is 0 Å². The van der Waals surface area contributed by atoms with Gasteiger partial charge in [0.1, 0.15) is 38.4 Å². The molecule has 0 aliphatic heterocycles. The third kappa shape index (κ3) is 9.52. The Kier molecular flexibility index (Phi) is 13.9. The molecule has 0 radical (unpaired) electrons. The quantitative estimate of drug-likeness (QED) is 0.119. The average molecular weight is 776 g/mol. The fourth-order valence-electron chi connectivity index (χ4n) is 5.35. The zero-order valence-corrected chi connectivity index (χ0v) is 32.5. The molecule has 2 aromatic rings. The zero-order chi connectivity index (χ0) is 35.3. The number of halogens is 5. The Morgan fingerprint density at radius 2 is 1.65 bits per heavy atom. The molecule has 1 aromatic heterocycles. The number of benzene rings is 1. The maximum atomic E-state index is 16.9. The Bertz CT molecular complexity index is 1500. The number of nitrogens with one attached hydrogen (secondary N) is 1. The van der Waals surface area contributed by atoms with E-state index in [1.165, 1.54) is 33.3 Å². The van der Waals surface area contributed by atoms with E-state index in [0.717, 1.165) is 29.5 Å². The molecule has 0 bridgehead atoms. The van der Waals surface area contributed by atoms with Crippen molar-refractivity contribution in [1.82, 2.24) is 14.0 Å². The summed E-state index contributed by atoms with van der Waals surface area (Å²) in [7, 11) is -4.26. The topological polar surface area (TPSA) is 93.1 Å². The van der Waals surface area contributed by atoms with Crippen LogP contribution in [0.1, 0.15) is 59.7 Å². The van der Waals surface area contributed by atoms with Gasteiger partial charge in [0, 0.05) is 25.2 Å². The Labute approximate surface area is 283 Å². The van der Waals surface area contributed by atoms with Crippen LogP contribution < -0.4 is 19.4 Å². The van der Waals surface area contributed by atoms with Gasteiger partial charge >= 0.3 is 6.18 Å². The summed E-state index contributed by atoms with van der Waals surface area (Å²) < 4.78 is 105. The first-order valence-electron chi connectivity index (χ1n) is 14.9. The van der Waals surface area contributed by atoms with Crippen molar-refractivity contribution in [2.45, 2.75) is 89.6 Å². The lowest BCUT2D eigenvalue weighted by atomic mass is 10.0. The molecule has 3 unspecified atom stereocenters. The number of ether oxygens (including phenoxy) is 2. The standard InChI is InChI=1S/C30H47BrF4N4O4S2Si/c1-11-46(12-2,13-3)24-17-25(31)37-27(26(24)32)29(7,38-44(40)28(4,5)6)20-45(41,36-8)39(19-30(33,34)35)18-21-14-15-22(42-9)16-23(21)43-10/h14-17,38H,11-13,18-20H2,1-10H3. The van der Waals surface area contributed by atoms with E-state index in [1.807, 2.05) is 20.8 Å². The minimum Gasteiger partial charge on any atom is -0.497 e. The van der Waals surface area contributed by atoms with Crippen molar-refractivity contribution >= 4 is 50.1 Å². The van der Waals surface area contributed by atoms with Crippen LogP contribution in [0.15, 0.2) is 33.2 Å². The van der Waals surface area contributed by atoms with Gasteiger partial charge in [-0.05, 0) is 60.9 Å². The van der Waals surface area contributed by atoms with Crippen LogP contribution in [-0.4, -0.2) is 70.3 Å². The molecule has 3 atom stereocenters. The van der Waals surface area contributed by atoms with Gasteiger partial charge in [0.15, 0.2) is 0 Å². The lowest BCUT2D eigenvalue weighted by Gasteiger charge is -2.38. The molecular formula is C30H47BrF4N4O4S2Si. The highest BCUT2D eigenvalue weighted by molar-refractivity contribution is 9.10. The van der Waals surface area contributed by atoms with Crippen LogP contribution in [0.5, 0.6) is 11.5 Å². The predicted octanol–water partition coefficient (Wildman–Crippen LogP) is 7.06. The molecule has 0 spiro atoms. The third-order valence-electron chi connectivity index (χ3n) is 8.29. The lowest BCUT2D eigenvalue weighted by molar-refractivity contribution is -0.136. The first kappa shape index (κ1) is 40.6. The van der Waals surface area contributed by atoms with Gasteiger partial charge in [0.05, 0.1) is 55.0 Å². The van der Waals surface area contributed by atoms with Gasteiger partial charge in [0.2, 0.25) is 0 Å². The summed E-state index contributed by atoms with van der Waals surface area (Å²) in [6, 6.07) is 8.49. The van der Waals surface area contributed by atoms with Crippen molar-refractivity contribution in [2.24, 2.45) is 4.36 Å². The van der Waals surface area contributed by atoms with E-state index in [0.29, 0.717) is 21.1 Å². The molecule has 1 heterocycles. The Balaban J connectivity index is 2.90. The SMILES string of the molecule is CC[Si](CC)(CC)c1cc(Br)nc(C(C)(CS(=O)(=NC)N(Cc2ccc(OC)cc2OC)CC(F)(F)F)NS(=O)C(C)(C)C)c1F. The number of pyridine rings is 1. The molecule has 8 nitrogen and oxygen atoms in total. The van der Waals surface area contributed by atoms with Gasteiger partial charge in [-0.25, -0.2) is 31.2 Å². The van der Waals surface area contributed by atoms with E-state index in [9.17, 15) is 21.6 Å². The number of nitrogens with zero attached hydrogens (tertiary/aromatic N) is 3. The lowest BCUT2D eigenvalue weighted by Crippen LogP contribution is -2.55. The summed E-state index contributed by atoms with van der Waals surface area (Å²) >= 11 is 3.43. The summed E-state index contributed by atoms with van der Waals surface area (Å²) in [6.07, 6.45) is -4.77. The highest BCUT2D eigenvalue weighted by atomic mass is 79.9. The maximum absolute atomic E-state index is 16.9. The molecule has 262 valence electrons. The number of hydrogen-bond donors (Lipinski definition) is 1. The Hall–Kier alpha value is -1.59. The fourth-order valence-corrected chi connectivity index (χ4v) is 12.8. The molecule has 16 heteroatoms. The molecule has 0 aliphatic carbocycles. The molecule has 0 saturated carbocycles. The molecular weight excluding hydrogens is 728 g/mol. The molecule has 46 heavy (non-hydrogen) atoms. The number of methoxy groups -OCH3 is 2. The second-order valence-corrected chi connectivity index (χ2v) is 22.7. The summed E-state index contributed by atoms with van der Waals surface area (Å²) in [4.78, 5) is 4.46. The number of alkyl halides is 3. The molecule has 2 rings (SSSR count). The van der Waals surface area contributed by atoms with E-state index in [2.05, 4.69) is 30.0 Å². The van der Waals surface area contributed by atoms with E-state index in [-0.39, 0.29) is 11.4 Å². The van der Waals surface area contributed by atoms with Gasteiger partial charge in [0.25, 0.3) is 0 Å². The Morgan fingerprint density at radius 3 is 2.11 bits per heavy atom. The van der Waals surface area contributed by atoms with E-state index >= 15 is 4.39 Å². The van der Waals surface area contributed by atoms with Gasteiger partial charge in [-0.15, -0.1) is 0 Å². The first-order chi connectivity index (χ1) is 21.2. The summed E-state index contributed by atoms with van der Waals surface area (Å²) in [6.45, 7) is 10.6. The maximum Gasteiger partial charge on any atom is 0.402 e. The van der Waals surface area contributed by atoms with Crippen molar-refractivity contribution in [1.29, 1.82) is 0 Å². The van der Waals surface area contributed by atoms with Crippen molar-refractivity contribution in [2.75, 3.05) is 33.6 Å². The van der Waals surface area contributed by atoms with Crippen LogP contribution >= 0.6 is 15.9 Å². The first-order valence-corrected chi connectivity index (χ1v) is 21.1. The van der Waals surface area contributed by atoms with Gasteiger partial charge in [-0.2, -0.15) is 13.2 Å². The van der Waals surface area contributed by atoms with Gasteiger partial charge in [-0.1, -0.05) is 45.0 Å². The fraction of sp³-hybridized carbons (Fsp3) is 0.633.